The number of benzene rings is 1. The normalized spacial score (nSPS) is 15.5. The van der Waals surface area contributed by atoms with Crippen LogP contribution in [0.1, 0.15) is 44.6 Å². The number of halogens is 2. The zero-order chi connectivity index (χ0) is 23.7. The summed E-state index contributed by atoms with van der Waals surface area (Å²) in [7, 11) is 0. The lowest BCUT2D eigenvalue weighted by atomic mass is 10.0. The summed E-state index contributed by atoms with van der Waals surface area (Å²) in [5, 5.41) is 0.924. The van der Waals surface area contributed by atoms with Gasteiger partial charge in [0.2, 0.25) is 0 Å². The van der Waals surface area contributed by atoms with Crippen LogP contribution in [0.2, 0.25) is 10.0 Å². The van der Waals surface area contributed by atoms with Gasteiger partial charge in [0, 0.05) is 23.6 Å². The molecule has 0 N–H and O–H groups in total. The summed E-state index contributed by atoms with van der Waals surface area (Å²) < 4.78 is 7.26. The first kappa shape index (κ1) is 24.1. The van der Waals surface area contributed by atoms with Crippen LogP contribution in [-0.4, -0.2) is 34.5 Å². The van der Waals surface area contributed by atoms with Crippen LogP contribution < -0.4 is 0 Å². The highest BCUT2D eigenvalue weighted by Gasteiger charge is 2.37. The van der Waals surface area contributed by atoms with E-state index < -0.39 is 5.97 Å². The fourth-order valence-corrected chi connectivity index (χ4v) is 4.42. The molecule has 32 heavy (non-hydrogen) atoms. The van der Waals surface area contributed by atoms with Crippen molar-refractivity contribution in [3.63, 3.8) is 0 Å². The quantitative estimate of drug-likeness (QED) is 0.374. The molecule has 0 spiro atoms. The largest absolute Gasteiger partial charge is 0.462 e. The van der Waals surface area contributed by atoms with Gasteiger partial charge in [-0.15, -0.1) is 0 Å². The van der Waals surface area contributed by atoms with E-state index in [1.54, 1.807) is 30.9 Å². The van der Waals surface area contributed by atoms with Gasteiger partial charge in [-0.3, -0.25) is 4.79 Å². The molecule has 0 bridgehead atoms. The minimum Gasteiger partial charge on any atom is -0.462 e. The summed E-state index contributed by atoms with van der Waals surface area (Å²) in [6.07, 6.45) is 1.77. The Morgan fingerprint density at radius 3 is 2.50 bits per heavy atom. The molecular weight excluding hydrogens is 447 g/mol. The van der Waals surface area contributed by atoms with Crippen LogP contribution in [0.25, 0.3) is 11.8 Å². The van der Waals surface area contributed by atoms with Crippen molar-refractivity contribution in [2.24, 2.45) is 5.92 Å². The third kappa shape index (κ3) is 4.37. The van der Waals surface area contributed by atoms with E-state index in [1.165, 1.54) is 0 Å². The van der Waals surface area contributed by atoms with Crippen LogP contribution in [0.15, 0.2) is 41.1 Å². The van der Waals surface area contributed by atoms with E-state index in [0.717, 1.165) is 22.6 Å². The summed E-state index contributed by atoms with van der Waals surface area (Å²) >= 11 is 12.7. The highest BCUT2D eigenvalue weighted by atomic mass is 35.5. The molecule has 1 aromatic heterocycles. The summed E-state index contributed by atoms with van der Waals surface area (Å²) in [6, 6.07) is 7.44. The molecule has 3 rings (SSSR count). The Hall–Kier alpha value is -2.50. The van der Waals surface area contributed by atoms with E-state index in [0.29, 0.717) is 33.4 Å². The average molecular weight is 475 g/mol. The molecule has 0 unspecified atom stereocenters. The molecule has 1 aromatic carbocycles. The van der Waals surface area contributed by atoms with Crippen molar-refractivity contribution in [1.82, 2.24) is 9.47 Å². The number of hydrogen-bond donors (Lipinski definition) is 0. The molecule has 1 aliphatic rings. The lowest BCUT2D eigenvalue weighted by molar-refractivity contribution is -0.138. The number of ether oxygens (including phenoxy) is 1. The number of aryl methyl sites for hydroxylation is 1. The maximum Gasteiger partial charge on any atom is 0.340 e. The molecule has 0 saturated carbocycles. The lowest BCUT2D eigenvalue weighted by Crippen LogP contribution is -2.28. The first-order chi connectivity index (χ1) is 15.1. The minimum atomic E-state index is -0.484. The number of carbonyl (C=O) groups excluding carboxylic acids is 2. The average Bonchev–Trinajstić information content (AvgIpc) is 3.12. The number of hydrogen-bond acceptors (Lipinski definition) is 3. The zero-order valence-corrected chi connectivity index (χ0v) is 20.8. The van der Waals surface area contributed by atoms with Gasteiger partial charge >= 0.3 is 5.97 Å². The van der Waals surface area contributed by atoms with Crippen molar-refractivity contribution < 1.29 is 14.3 Å². The molecule has 0 aliphatic carbocycles. The van der Waals surface area contributed by atoms with Gasteiger partial charge in [-0.2, -0.15) is 0 Å². The van der Waals surface area contributed by atoms with Crippen LogP contribution in [0, 0.1) is 19.8 Å². The summed E-state index contributed by atoms with van der Waals surface area (Å²) in [5.41, 5.74) is 4.69. The van der Waals surface area contributed by atoms with Gasteiger partial charge in [0.05, 0.1) is 33.5 Å². The van der Waals surface area contributed by atoms with Crippen molar-refractivity contribution in [3.05, 3.63) is 68.1 Å². The molecule has 1 aliphatic heterocycles. The van der Waals surface area contributed by atoms with E-state index in [4.69, 9.17) is 27.9 Å². The van der Waals surface area contributed by atoms with E-state index in [2.05, 4.69) is 0 Å². The molecule has 170 valence electrons. The number of amides is 1. The molecule has 0 atom stereocenters. The Morgan fingerprint density at radius 1 is 1.19 bits per heavy atom. The molecule has 7 heteroatoms. The lowest BCUT2D eigenvalue weighted by Gasteiger charge is -2.19. The topological polar surface area (TPSA) is 51.5 Å². The van der Waals surface area contributed by atoms with Crippen molar-refractivity contribution in [2.75, 3.05) is 13.2 Å². The first-order valence-electron chi connectivity index (χ1n) is 10.6. The number of allylic oxidation sites excluding steroid dienone is 1. The van der Waals surface area contributed by atoms with E-state index >= 15 is 0 Å². The zero-order valence-electron chi connectivity index (χ0n) is 19.3. The molecular formula is C25H28Cl2N2O3. The van der Waals surface area contributed by atoms with Crippen LogP contribution >= 0.6 is 23.2 Å². The van der Waals surface area contributed by atoms with E-state index in [1.807, 2.05) is 50.5 Å². The van der Waals surface area contributed by atoms with Gasteiger partial charge in [-0.1, -0.05) is 43.1 Å². The summed E-state index contributed by atoms with van der Waals surface area (Å²) in [6.45, 7) is 12.3. The first-order valence-corrected chi connectivity index (χ1v) is 11.4. The second kappa shape index (κ2) is 9.55. The number of aromatic nitrogens is 1. The van der Waals surface area contributed by atoms with Crippen LogP contribution in [-0.2, 0) is 14.3 Å². The van der Waals surface area contributed by atoms with Gasteiger partial charge in [0.25, 0.3) is 5.91 Å². The fraction of sp³-hybridized carbons (Fsp3) is 0.360. The summed E-state index contributed by atoms with van der Waals surface area (Å²) in [4.78, 5) is 27.7. The van der Waals surface area contributed by atoms with Gasteiger partial charge in [0.15, 0.2) is 0 Å². The Morgan fingerprint density at radius 2 is 1.88 bits per heavy atom. The maximum atomic E-state index is 13.3. The third-order valence-electron chi connectivity index (χ3n) is 5.48. The van der Waals surface area contributed by atoms with Crippen molar-refractivity contribution >= 4 is 41.2 Å². The second-order valence-corrected chi connectivity index (χ2v) is 9.07. The molecule has 0 fully saturated rings. The van der Waals surface area contributed by atoms with E-state index in [9.17, 15) is 9.59 Å². The molecule has 0 radical (unpaired) electrons. The fourth-order valence-electron chi connectivity index (χ4n) is 4.04. The highest BCUT2D eigenvalue weighted by molar-refractivity contribution is 6.43. The Kier molecular flexibility index (Phi) is 7.21. The minimum absolute atomic E-state index is 0.190. The summed E-state index contributed by atoms with van der Waals surface area (Å²) in [5.74, 6) is -0.417. The SMILES string of the molecule is CCOC(=O)C1=C(C)N(CC(C)C)C(=O)C1=Cc1cc(C)n(-c2cccc(Cl)c2Cl)c1C. The van der Waals surface area contributed by atoms with Gasteiger partial charge in [-0.05, 0) is 63.5 Å². The standard InChI is InChI=1S/C25H28Cl2N2O3/c1-7-32-25(31)22-17(6)28(13-14(2)3)24(30)19(22)12-18-11-15(4)29(16(18)5)21-10-8-9-20(26)23(21)27/h8-12,14H,7,13H2,1-6H3. The Bertz CT molecular complexity index is 1140. The number of esters is 1. The molecule has 1 amide bonds. The van der Waals surface area contributed by atoms with Crippen LogP contribution in [0.5, 0.6) is 0 Å². The Balaban J connectivity index is 2.15. The second-order valence-electron chi connectivity index (χ2n) is 8.28. The molecule has 5 nitrogen and oxygen atoms in total. The smallest absolute Gasteiger partial charge is 0.340 e. The molecule has 2 heterocycles. The van der Waals surface area contributed by atoms with Gasteiger partial charge in [-0.25, -0.2) is 4.79 Å². The third-order valence-corrected chi connectivity index (χ3v) is 6.29. The monoisotopic (exact) mass is 474 g/mol. The number of carbonyl (C=O) groups is 2. The van der Waals surface area contributed by atoms with E-state index in [-0.39, 0.29) is 18.4 Å². The Labute approximate surface area is 199 Å². The predicted molar refractivity (Wildman–Crippen MR) is 129 cm³/mol. The molecule has 0 saturated heterocycles. The number of nitrogens with zero attached hydrogens (tertiary/aromatic N) is 2. The highest BCUT2D eigenvalue weighted by Crippen LogP contribution is 2.35. The van der Waals surface area contributed by atoms with Crippen molar-refractivity contribution in [3.8, 4) is 5.69 Å². The van der Waals surface area contributed by atoms with Gasteiger partial charge in [0.1, 0.15) is 0 Å². The van der Waals surface area contributed by atoms with Crippen LogP contribution in [0.3, 0.4) is 0 Å². The number of rotatable bonds is 6. The molecule has 2 aromatic rings. The predicted octanol–water partition coefficient (Wildman–Crippen LogP) is 6.12. The van der Waals surface area contributed by atoms with Crippen molar-refractivity contribution in [1.29, 1.82) is 0 Å². The van der Waals surface area contributed by atoms with Gasteiger partial charge < -0.3 is 14.2 Å². The van der Waals surface area contributed by atoms with Crippen LogP contribution in [0.4, 0.5) is 0 Å². The maximum absolute atomic E-state index is 13.3. The van der Waals surface area contributed by atoms with Crippen molar-refractivity contribution in [2.45, 2.75) is 41.5 Å².